The molecule has 0 aromatic heterocycles. The van der Waals surface area contributed by atoms with Crippen LogP contribution in [0.5, 0.6) is 5.75 Å². The molecule has 2 aromatic rings. The minimum Gasteiger partial charge on any atom is -0.497 e. The fourth-order valence-electron chi connectivity index (χ4n) is 2.65. The van der Waals surface area contributed by atoms with Crippen LogP contribution in [0.4, 0.5) is 0 Å². The minimum absolute atomic E-state index is 0. The minimum atomic E-state index is -0.648. The molecule has 0 aliphatic carbocycles. The van der Waals surface area contributed by atoms with Crippen molar-refractivity contribution in [2.24, 2.45) is 4.99 Å². The number of halogens is 1. The van der Waals surface area contributed by atoms with Gasteiger partial charge in [-0.2, -0.15) is 0 Å². The topological polar surface area (TPSA) is 65.9 Å². The zero-order chi connectivity index (χ0) is 19.6. The van der Waals surface area contributed by atoms with Gasteiger partial charge in [0.2, 0.25) is 0 Å². The standard InChI is InChI=1S/C21H29N3O2S.HI/c1-5-22-21(23-13-17-10-9-15(2)11-20(17)27-4)24-14-19(25)16-7-6-8-18(12-16)26-3;/h6-12,19,25H,5,13-14H2,1-4H3,(H2,22,23,24);1H. The van der Waals surface area contributed by atoms with E-state index in [0.29, 0.717) is 19.0 Å². The van der Waals surface area contributed by atoms with Crippen molar-refractivity contribution in [3.05, 3.63) is 59.2 Å². The number of hydrogen-bond donors (Lipinski definition) is 3. The second-order valence-corrected chi connectivity index (χ2v) is 7.03. The van der Waals surface area contributed by atoms with Gasteiger partial charge in [-0.05, 0) is 55.0 Å². The highest BCUT2D eigenvalue weighted by Crippen LogP contribution is 2.22. The Balaban J connectivity index is 0.00000392. The molecule has 28 heavy (non-hydrogen) atoms. The number of hydrogen-bond acceptors (Lipinski definition) is 4. The SMILES string of the molecule is CCNC(=NCc1ccc(C)cc1SC)NCC(O)c1cccc(OC)c1.I. The normalized spacial score (nSPS) is 12.1. The van der Waals surface area contributed by atoms with Crippen LogP contribution in [0.2, 0.25) is 0 Å². The van der Waals surface area contributed by atoms with Crippen LogP contribution in [-0.2, 0) is 6.54 Å². The molecule has 2 aromatic carbocycles. The second-order valence-electron chi connectivity index (χ2n) is 6.18. The lowest BCUT2D eigenvalue weighted by Crippen LogP contribution is -2.39. The molecule has 0 aliphatic rings. The van der Waals surface area contributed by atoms with E-state index in [9.17, 15) is 5.11 Å². The number of aliphatic imine (C=N–C) groups is 1. The summed E-state index contributed by atoms with van der Waals surface area (Å²) in [5, 5.41) is 16.9. The van der Waals surface area contributed by atoms with E-state index >= 15 is 0 Å². The van der Waals surface area contributed by atoms with E-state index < -0.39 is 6.10 Å². The number of aliphatic hydroxyl groups is 1. The number of rotatable bonds is 8. The Morgan fingerprint density at radius 1 is 1.21 bits per heavy atom. The van der Waals surface area contributed by atoms with Gasteiger partial charge in [0.25, 0.3) is 0 Å². The van der Waals surface area contributed by atoms with Gasteiger partial charge in [0.05, 0.1) is 19.8 Å². The Bertz CT molecular complexity index is 771. The van der Waals surface area contributed by atoms with Crippen LogP contribution in [0.3, 0.4) is 0 Å². The molecule has 0 aliphatic heterocycles. The lowest BCUT2D eigenvalue weighted by atomic mass is 10.1. The van der Waals surface area contributed by atoms with Crippen molar-refractivity contribution in [2.45, 2.75) is 31.4 Å². The van der Waals surface area contributed by atoms with Gasteiger partial charge in [0, 0.05) is 18.0 Å². The molecule has 0 bridgehead atoms. The molecule has 0 fully saturated rings. The molecule has 1 unspecified atom stereocenters. The van der Waals surface area contributed by atoms with Gasteiger partial charge >= 0.3 is 0 Å². The van der Waals surface area contributed by atoms with E-state index in [1.165, 1.54) is 16.0 Å². The van der Waals surface area contributed by atoms with E-state index in [0.717, 1.165) is 17.9 Å². The molecule has 0 spiro atoms. The van der Waals surface area contributed by atoms with Crippen LogP contribution in [0.1, 0.15) is 29.7 Å². The van der Waals surface area contributed by atoms with E-state index in [1.54, 1.807) is 18.9 Å². The van der Waals surface area contributed by atoms with Gasteiger partial charge in [-0.25, -0.2) is 4.99 Å². The Labute approximate surface area is 189 Å². The number of benzene rings is 2. The third kappa shape index (κ3) is 7.52. The fraction of sp³-hybridized carbons (Fsp3) is 0.381. The molecule has 3 N–H and O–H groups in total. The van der Waals surface area contributed by atoms with Crippen LogP contribution in [-0.4, -0.2) is 37.5 Å². The number of guanidine groups is 1. The van der Waals surface area contributed by atoms with Crippen molar-refractivity contribution in [3.8, 4) is 5.75 Å². The van der Waals surface area contributed by atoms with E-state index in [2.05, 4.69) is 47.0 Å². The molecule has 1 atom stereocenters. The van der Waals surface area contributed by atoms with Crippen LogP contribution in [0.15, 0.2) is 52.4 Å². The largest absolute Gasteiger partial charge is 0.497 e. The van der Waals surface area contributed by atoms with Crippen molar-refractivity contribution in [3.63, 3.8) is 0 Å². The Morgan fingerprint density at radius 3 is 2.68 bits per heavy atom. The molecule has 5 nitrogen and oxygen atoms in total. The van der Waals surface area contributed by atoms with Gasteiger partial charge < -0.3 is 20.5 Å². The quantitative estimate of drug-likeness (QED) is 0.214. The second kappa shape index (κ2) is 12.9. The monoisotopic (exact) mass is 515 g/mol. The summed E-state index contributed by atoms with van der Waals surface area (Å²) in [6.07, 6.45) is 1.43. The zero-order valence-corrected chi connectivity index (χ0v) is 20.0. The fourth-order valence-corrected chi connectivity index (χ4v) is 3.35. The van der Waals surface area contributed by atoms with Gasteiger partial charge in [0.15, 0.2) is 5.96 Å². The zero-order valence-electron chi connectivity index (χ0n) is 16.9. The van der Waals surface area contributed by atoms with Crippen molar-refractivity contribution in [1.82, 2.24) is 10.6 Å². The number of aryl methyl sites for hydroxylation is 1. The molecule has 0 radical (unpaired) electrons. The summed E-state index contributed by atoms with van der Waals surface area (Å²) in [5.41, 5.74) is 3.25. The van der Waals surface area contributed by atoms with Gasteiger partial charge in [-0.1, -0.05) is 24.3 Å². The third-order valence-corrected chi connectivity index (χ3v) is 4.96. The van der Waals surface area contributed by atoms with Crippen LogP contribution >= 0.6 is 35.7 Å². The average molecular weight is 515 g/mol. The first kappa shape index (κ1) is 24.6. The maximum absolute atomic E-state index is 10.5. The van der Waals surface area contributed by atoms with Crippen molar-refractivity contribution < 1.29 is 9.84 Å². The number of thioether (sulfide) groups is 1. The number of nitrogens with one attached hydrogen (secondary N) is 2. The molecule has 0 saturated heterocycles. The average Bonchev–Trinajstić information content (AvgIpc) is 2.70. The van der Waals surface area contributed by atoms with E-state index in [-0.39, 0.29) is 24.0 Å². The maximum Gasteiger partial charge on any atom is 0.191 e. The highest BCUT2D eigenvalue weighted by Gasteiger charge is 2.10. The molecular formula is C21H30IN3O2S. The van der Waals surface area contributed by atoms with Gasteiger partial charge in [-0.15, -0.1) is 35.7 Å². The molecular weight excluding hydrogens is 485 g/mol. The van der Waals surface area contributed by atoms with E-state index in [1.807, 2.05) is 31.2 Å². The van der Waals surface area contributed by atoms with Crippen LogP contribution in [0.25, 0.3) is 0 Å². The first-order chi connectivity index (χ1) is 13.1. The lowest BCUT2D eigenvalue weighted by molar-refractivity contribution is 0.180. The first-order valence-corrected chi connectivity index (χ1v) is 10.3. The summed E-state index contributed by atoms with van der Waals surface area (Å²) in [6.45, 7) is 5.82. The lowest BCUT2D eigenvalue weighted by Gasteiger charge is -2.16. The van der Waals surface area contributed by atoms with Gasteiger partial charge in [-0.3, -0.25) is 0 Å². The Morgan fingerprint density at radius 2 is 2.00 bits per heavy atom. The number of aliphatic hydroxyl groups excluding tert-OH is 1. The van der Waals surface area contributed by atoms with Crippen LogP contribution in [0, 0.1) is 6.92 Å². The summed E-state index contributed by atoms with van der Waals surface area (Å²) in [6, 6.07) is 13.9. The van der Waals surface area contributed by atoms with Crippen molar-refractivity contribution in [1.29, 1.82) is 0 Å². The maximum atomic E-state index is 10.5. The molecule has 2 rings (SSSR count). The Kier molecular flexibility index (Phi) is 11.3. The van der Waals surface area contributed by atoms with Crippen molar-refractivity contribution >= 4 is 41.7 Å². The summed E-state index contributed by atoms with van der Waals surface area (Å²) in [5.74, 6) is 1.42. The summed E-state index contributed by atoms with van der Waals surface area (Å²) in [7, 11) is 1.62. The van der Waals surface area contributed by atoms with Crippen molar-refractivity contribution in [2.75, 3.05) is 26.5 Å². The molecule has 154 valence electrons. The highest BCUT2D eigenvalue weighted by molar-refractivity contribution is 14.0. The third-order valence-electron chi connectivity index (χ3n) is 4.14. The number of nitrogens with zero attached hydrogens (tertiary/aromatic N) is 1. The number of ether oxygens (including phenoxy) is 1. The first-order valence-electron chi connectivity index (χ1n) is 9.05. The summed E-state index contributed by atoms with van der Waals surface area (Å²) < 4.78 is 5.22. The van der Waals surface area contributed by atoms with E-state index in [4.69, 9.17) is 4.74 Å². The smallest absolute Gasteiger partial charge is 0.191 e. The molecule has 0 saturated carbocycles. The molecule has 7 heteroatoms. The van der Waals surface area contributed by atoms with Crippen LogP contribution < -0.4 is 15.4 Å². The molecule has 0 amide bonds. The predicted molar refractivity (Wildman–Crippen MR) is 129 cm³/mol. The predicted octanol–water partition coefficient (Wildman–Crippen LogP) is 4.13. The van der Waals surface area contributed by atoms with Gasteiger partial charge in [0.1, 0.15) is 5.75 Å². The number of methoxy groups -OCH3 is 1. The molecule has 0 heterocycles. The summed E-state index contributed by atoms with van der Waals surface area (Å²) in [4.78, 5) is 5.91. The highest BCUT2D eigenvalue weighted by atomic mass is 127. The Hall–Kier alpha value is -1.45. The summed E-state index contributed by atoms with van der Waals surface area (Å²) >= 11 is 1.73.